The number of hydrogen-bond acceptors (Lipinski definition) is 4. The average Bonchev–Trinajstić information content (AvgIpc) is 2.92. The second kappa shape index (κ2) is 11.9. The lowest BCUT2D eigenvalue weighted by Gasteiger charge is -2.34. The van der Waals surface area contributed by atoms with Gasteiger partial charge in [0.05, 0.1) is 17.6 Å². The summed E-state index contributed by atoms with van der Waals surface area (Å²) in [6.07, 6.45) is 6.58. The van der Waals surface area contributed by atoms with E-state index in [4.69, 9.17) is 10.7 Å². The van der Waals surface area contributed by atoms with Crippen molar-refractivity contribution in [3.8, 4) is 22.4 Å². The van der Waals surface area contributed by atoms with Crippen LogP contribution in [0.5, 0.6) is 0 Å². The fraction of sp³-hybridized carbons (Fsp3) is 0.406. The normalized spacial score (nSPS) is 17.6. The molecule has 1 aliphatic rings. The van der Waals surface area contributed by atoms with Gasteiger partial charge in [-0.15, -0.1) is 0 Å². The van der Waals surface area contributed by atoms with E-state index in [9.17, 15) is 9.59 Å². The quantitative estimate of drug-likeness (QED) is 0.367. The number of nitrogens with one attached hydrogen (secondary N) is 1. The van der Waals surface area contributed by atoms with Crippen molar-refractivity contribution < 1.29 is 9.59 Å². The van der Waals surface area contributed by atoms with Crippen LogP contribution in [0.1, 0.15) is 64.9 Å². The largest absolute Gasteiger partial charge is 0.343 e. The molecule has 0 spiro atoms. The monoisotopic (exact) mass is 512 g/mol. The van der Waals surface area contributed by atoms with Crippen LogP contribution >= 0.6 is 0 Å². The van der Waals surface area contributed by atoms with Crippen LogP contribution in [0.25, 0.3) is 22.4 Å². The van der Waals surface area contributed by atoms with E-state index in [1.807, 2.05) is 69.1 Å². The molecule has 200 valence electrons. The fourth-order valence-corrected chi connectivity index (χ4v) is 5.32. The van der Waals surface area contributed by atoms with Crippen LogP contribution in [-0.4, -0.2) is 34.8 Å². The van der Waals surface area contributed by atoms with Crippen molar-refractivity contribution in [2.75, 3.05) is 12.4 Å². The summed E-state index contributed by atoms with van der Waals surface area (Å²) in [5, 5.41) is 3.09. The van der Waals surface area contributed by atoms with Gasteiger partial charge in [0.25, 0.3) is 0 Å². The van der Waals surface area contributed by atoms with E-state index in [0.29, 0.717) is 24.4 Å². The van der Waals surface area contributed by atoms with Gasteiger partial charge in [-0.2, -0.15) is 0 Å². The van der Waals surface area contributed by atoms with Gasteiger partial charge in [0.2, 0.25) is 11.8 Å². The zero-order valence-electron chi connectivity index (χ0n) is 23.0. The molecule has 0 atom stereocenters. The molecule has 1 saturated carbocycles. The Morgan fingerprint density at radius 3 is 2.26 bits per heavy atom. The standard InChI is InChI=1S/C32H40N4O2/c1-5-30(38)36(4)27-17-11-22(12-18-27)19-29(37)35-26-20-28(23-9-7-6-8-10-23)31(34-21-26)24-13-15-25(16-14-24)32(2,3)33/h6-10,13-16,20-22,27H,5,11-12,17-19,33H2,1-4H3,(H,35,37). The van der Waals surface area contributed by atoms with Crippen molar-refractivity contribution in [1.82, 2.24) is 9.88 Å². The highest BCUT2D eigenvalue weighted by Crippen LogP contribution is 2.34. The van der Waals surface area contributed by atoms with Crippen LogP contribution in [0.4, 0.5) is 5.69 Å². The molecule has 38 heavy (non-hydrogen) atoms. The van der Waals surface area contributed by atoms with E-state index in [1.165, 1.54) is 0 Å². The maximum atomic E-state index is 13.0. The number of nitrogens with two attached hydrogens (primary N) is 1. The predicted molar refractivity (Wildman–Crippen MR) is 154 cm³/mol. The number of hydrogen-bond donors (Lipinski definition) is 2. The van der Waals surface area contributed by atoms with Crippen molar-refractivity contribution in [2.45, 2.75) is 70.9 Å². The van der Waals surface area contributed by atoms with E-state index in [2.05, 4.69) is 29.6 Å². The van der Waals surface area contributed by atoms with E-state index < -0.39 is 5.54 Å². The Bertz CT molecular complexity index is 1240. The number of carbonyl (C=O) groups excluding carboxylic acids is 2. The van der Waals surface area contributed by atoms with Crippen molar-refractivity contribution in [3.05, 3.63) is 72.4 Å². The zero-order chi connectivity index (χ0) is 27.3. The number of carbonyl (C=O) groups is 2. The van der Waals surface area contributed by atoms with Crippen molar-refractivity contribution in [1.29, 1.82) is 0 Å². The number of rotatable bonds is 8. The summed E-state index contributed by atoms with van der Waals surface area (Å²) >= 11 is 0. The van der Waals surface area contributed by atoms with Gasteiger partial charge in [0.15, 0.2) is 0 Å². The molecule has 0 bridgehead atoms. The Kier molecular flexibility index (Phi) is 8.62. The van der Waals surface area contributed by atoms with Gasteiger partial charge in [-0.05, 0) is 62.6 Å². The first-order valence-electron chi connectivity index (χ1n) is 13.7. The Hall–Kier alpha value is -3.51. The zero-order valence-corrected chi connectivity index (χ0v) is 23.0. The molecule has 2 aromatic carbocycles. The third-order valence-corrected chi connectivity index (χ3v) is 7.69. The van der Waals surface area contributed by atoms with Crippen molar-refractivity contribution >= 4 is 17.5 Å². The molecule has 0 saturated heterocycles. The molecule has 4 rings (SSSR count). The summed E-state index contributed by atoms with van der Waals surface area (Å²) in [7, 11) is 1.90. The van der Waals surface area contributed by atoms with Crippen LogP contribution in [0.15, 0.2) is 66.9 Å². The molecule has 1 heterocycles. The summed E-state index contributed by atoms with van der Waals surface area (Å²) in [4.78, 5) is 31.7. The Morgan fingerprint density at radius 2 is 1.66 bits per heavy atom. The fourth-order valence-electron chi connectivity index (χ4n) is 5.32. The number of benzene rings is 2. The lowest BCUT2D eigenvalue weighted by Crippen LogP contribution is -2.39. The summed E-state index contributed by atoms with van der Waals surface area (Å²) in [6.45, 7) is 5.88. The Balaban J connectivity index is 1.47. The molecule has 1 fully saturated rings. The molecule has 3 N–H and O–H groups in total. The summed E-state index contributed by atoms with van der Waals surface area (Å²) in [5.74, 6) is 0.535. The highest BCUT2D eigenvalue weighted by atomic mass is 16.2. The van der Waals surface area contributed by atoms with Crippen molar-refractivity contribution in [2.24, 2.45) is 11.7 Å². The predicted octanol–water partition coefficient (Wildman–Crippen LogP) is 6.37. The average molecular weight is 513 g/mol. The molecule has 0 unspecified atom stereocenters. The maximum Gasteiger partial charge on any atom is 0.224 e. The van der Waals surface area contributed by atoms with Gasteiger partial charge in [-0.1, -0.05) is 61.5 Å². The number of nitrogens with zero attached hydrogens (tertiary/aromatic N) is 2. The molecule has 6 heteroatoms. The van der Waals surface area contributed by atoms with E-state index in [1.54, 1.807) is 6.20 Å². The summed E-state index contributed by atoms with van der Waals surface area (Å²) in [6, 6.07) is 20.6. The highest BCUT2D eigenvalue weighted by molar-refractivity contribution is 5.93. The lowest BCUT2D eigenvalue weighted by atomic mass is 9.83. The number of anilines is 1. The second-order valence-corrected chi connectivity index (χ2v) is 11.1. The topological polar surface area (TPSA) is 88.3 Å². The minimum Gasteiger partial charge on any atom is -0.343 e. The van der Waals surface area contributed by atoms with Crippen LogP contribution in [0.2, 0.25) is 0 Å². The maximum absolute atomic E-state index is 13.0. The van der Waals surface area contributed by atoms with Crippen molar-refractivity contribution in [3.63, 3.8) is 0 Å². The van der Waals surface area contributed by atoms with Gasteiger partial charge in [-0.25, -0.2) is 0 Å². The van der Waals surface area contributed by atoms with Gasteiger partial charge >= 0.3 is 0 Å². The minimum absolute atomic E-state index is 0.00882. The molecule has 2 amide bonds. The molecular formula is C32H40N4O2. The second-order valence-electron chi connectivity index (χ2n) is 11.1. The minimum atomic E-state index is -0.412. The van der Waals surface area contributed by atoms with E-state index in [0.717, 1.165) is 53.6 Å². The first kappa shape index (κ1) is 27.5. The van der Waals surface area contributed by atoms with Crippen LogP contribution in [-0.2, 0) is 15.1 Å². The molecule has 3 aromatic rings. The smallest absolute Gasteiger partial charge is 0.224 e. The SMILES string of the molecule is CCC(=O)N(C)C1CCC(CC(=O)Nc2cnc(-c3ccc(C(C)(C)N)cc3)c(-c3ccccc3)c2)CC1. The first-order valence-corrected chi connectivity index (χ1v) is 13.7. The molecule has 1 aromatic heterocycles. The van der Waals surface area contributed by atoms with Gasteiger partial charge < -0.3 is 16.0 Å². The summed E-state index contributed by atoms with van der Waals surface area (Å²) in [5.41, 5.74) is 11.5. The van der Waals surface area contributed by atoms with E-state index in [-0.39, 0.29) is 17.9 Å². The molecule has 1 aliphatic carbocycles. The van der Waals surface area contributed by atoms with Crippen LogP contribution < -0.4 is 11.1 Å². The number of pyridine rings is 1. The molecule has 6 nitrogen and oxygen atoms in total. The first-order chi connectivity index (χ1) is 18.2. The third kappa shape index (κ3) is 6.67. The summed E-state index contributed by atoms with van der Waals surface area (Å²) < 4.78 is 0. The highest BCUT2D eigenvalue weighted by Gasteiger charge is 2.27. The lowest BCUT2D eigenvalue weighted by molar-refractivity contribution is -0.132. The van der Waals surface area contributed by atoms with Gasteiger partial charge in [0, 0.05) is 42.6 Å². The molecular weight excluding hydrogens is 472 g/mol. The number of amides is 2. The van der Waals surface area contributed by atoms with Crippen LogP contribution in [0, 0.1) is 5.92 Å². The van der Waals surface area contributed by atoms with E-state index >= 15 is 0 Å². The molecule has 0 radical (unpaired) electrons. The van der Waals surface area contributed by atoms with Gasteiger partial charge in [-0.3, -0.25) is 14.6 Å². The Morgan fingerprint density at radius 1 is 1.00 bits per heavy atom. The third-order valence-electron chi connectivity index (χ3n) is 7.69. The van der Waals surface area contributed by atoms with Gasteiger partial charge in [0.1, 0.15) is 0 Å². The Labute approximate surface area is 226 Å². The van der Waals surface area contributed by atoms with Crippen LogP contribution in [0.3, 0.4) is 0 Å². The molecule has 0 aliphatic heterocycles. The number of aromatic nitrogens is 1.